The number of aliphatic hydroxyl groups is 1. The van der Waals surface area contributed by atoms with Crippen molar-refractivity contribution >= 4 is 6.03 Å². The van der Waals surface area contributed by atoms with E-state index in [2.05, 4.69) is 24.5 Å². The first-order chi connectivity index (χ1) is 10.6. The highest BCUT2D eigenvalue weighted by Crippen LogP contribution is 2.26. The number of carbonyl (C=O) groups is 1. The summed E-state index contributed by atoms with van der Waals surface area (Å²) < 4.78 is 5.85. The number of carbonyl (C=O) groups excluding carboxylic acids is 1. The lowest BCUT2D eigenvalue weighted by Crippen LogP contribution is -2.48. The fraction of sp³-hybridized carbons (Fsp3) is 0.944. The fourth-order valence-corrected chi connectivity index (χ4v) is 3.42. The zero-order valence-corrected chi connectivity index (χ0v) is 15.7. The van der Waals surface area contributed by atoms with E-state index < -0.39 is 6.10 Å². The molecule has 136 valence electrons. The van der Waals surface area contributed by atoms with Crippen molar-refractivity contribution < 1.29 is 14.6 Å². The number of urea groups is 1. The average molecular weight is 328 g/mol. The molecule has 5 nitrogen and oxygen atoms in total. The Morgan fingerprint density at radius 1 is 1.26 bits per heavy atom. The standard InChI is InChI=1S/C18H36N2O3/c1-12(2)15-14(8-7-9-23-15)10-19-17(22)20-11-18(5,6)16(21)13(3)4/h12-16,21H,7-11H2,1-6H3,(H2,19,20,22). The summed E-state index contributed by atoms with van der Waals surface area (Å²) in [6, 6.07) is -0.165. The molecule has 5 heteroatoms. The van der Waals surface area contributed by atoms with Gasteiger partial charge in [-0.2, -0.15) is 0 Å². The second kappa shape index (κ2) is 8.88. The lowest BCUT2D eigenvalue weighted by molar-refractivity contribution is -0.0508. The normalized spacial score (nSPS) is 23.9. The molecule has 3 N–H and O–H groups in total. The van der Waals surface area contributed by atoms with Crippen LogP contribution in [0, 0.1) is 23.2 Å². The first kappa shape index (κ1) is 20.2. The number of nitrogens with one attached hydrogen (secondary N) is 2. The van der Waals surface area contributed by atoms with E-state index in [0.717, 1.165) is 19.4 Å². The summed E-state index contributed by atoms with van der Waals surface area (Å²) in [5.41, 5.74) is -0.347. The van der Waals surface area contributed by atoms with Crippen LogP contribution < -0.4 is 10.6 Å². The summed E-state index contributed by atoms with van der Waals surface area (Å²) in [7, 11) is 0. The molecule has 3 unspecified atom stereocenters. The summed E-state index contributed by atoms with van der Waals surface area (Å²) >= 11 is 0. The highest BCUT2D eigenvalue weighted by molar-refractivity contribution is 5.73. The van der Waals surface area contributed by atoms with Gasteiger partial charge in [-0.25, -0.2) is 4.79 Å². The first-order valence-corrected chi connectivity index (χ1v) is 8.96. The third-order valence-corrected chi connectivity index (χ3v) is 4.81. The number of hydrogen-bond donors (Lipinski definition) is 3. The third kappa shape index (κ3) is 6.30. The zero-order valence-electron chi connectivity index (χ0n) is 15.7. The second-order valence-electron chi connectivity index (χ2n) is 8.22. The van der Waals surface area contributed by atoms with Crippen LogP contribution in [0.25, 0.3) is 0 Å². The minimum absolute atomic E-state index is 0.165. The van der Waals surface area contributed by atoms with Gasteiger partial charge in [0.15, 0.2) is 0 Å². The smallest absolute Gasteiger partial charge is 0.314 e. The monoisotopic (exact) mass is 328 g/mol. The maximum atomic E-state index is 12.1. The molecule has 0 aromatic carbocycles. The Kier molecular flexibility index (Phi) is 7.81. The van der Waals surface area contributed by atoms with Crippen molar-refractivity contribution in [3.63, 3.8) is 0 Å². The van der Waals surface area contributed by atoms with Crippen LogP contribution in [0.1, 0.15) is 54.4 Å². The third-order valence-electron chi connectivity index (χ3n) is 4.81. The number of hydrogen-bond acceptors (Lipinski definition) is 3. The molecule has 1 aliphatic rings. The van der Waals surface area contributed by atoms with Gasteiger partial charge in [0.25, 0.3) is 0 Å². The first-order valence-electron chi connectivity index (χ1n) is 8.96. The Balaban J connectivity index is 2.39. The predicted molar refractivity (Wildman–Crippen MR) is 93.3 cm³/mol. The zero-order chi connectivity index (χ0) is 17.6. The highest BCUT2D eigenvalue weighted by atomic mass is 16.5. The molecule has 0 saturated carbocycles. The van der Waals surface area contributed by atoms with E-state index in [1.807, 2.05) is 27.7 Å². The van der Waals surface area contributed by atoms with E-state index in [-0.39, 0.29) is 23.5 Å². The van der Waals surface area contributed by atoms with Crippen molar-refractivity contribution in [1.29, 1.82) is 0 Å². The molecule has 0 spiro atoms. The summed E-state index contributed by atoms with van der Waals surface area (Å²) in [4.78, 5) is 12.1. The van der Waals surface area contributed by atoms with Gasteiger partial charge in [-0.05, 0) is 24.7 Å². The Morgan fingerprint density at radius 2 is 1.91 bits per heavy atom. The van der Waals surface area contributed by atoms with E-state index in [0.29, 0.717) is 24.9 Å². The van der Waals surface area contributed by atoms with Crippen molar-refractivity contribution in [1.82, 2.24) is 10.6 Å². The Bertz CT molecular complexity index is 369. The molecule has 0 bridgehead atoms. The molecular formula is C18H36N2O3. The van der Waals surface area contributed by atoms with Gasteiger partial charge in [0.05, 0.1) is 12.2 Å². The number of aliphatic hydroxyl groups excluding tert-OH is 1. The molecule has 0 aliphatic carbocycles. The number of amides is 2. The summed E-state index contributed by atoms with van der Waals surface area (Å²) in [5.74, 6) is 1.01. The fourth-order valence-electron chi connectivity index (χ4n) is 3.42. The SMILES string of the molecule is CC(C)C1OCCCC1CNC(=O)NCC(C)(C)C(O)C(C)C. The minimum Gasteiger partial charge on any atom is -0.392 e. The van der Waals surface area contributed by atoms with E-state index in [1.165, 1.54) is 0 Å². The number of rotatable bonds is 7. The molecule has 0 aromatic heterocycles. The van der Waals surface area contributed by atoms with Gasteiger partial charge in [0.2, 0.25) is 0 Å². The van der Waals surface area contributed by atoms with Crippen molar-refractivity contribution in [3.05, 3.63) is 0 Å². The van der Waals surface area contributed by atoms with E-state index in [1.54, 1.807) is 0 Å². The topological polar surface area (TPSA) is 70.6 Å². The molecule has 2 amide bonds. The quantitative estimate of drug-likeness (QED) is 0.673. The molecule has 1 aliphatic heterocycles. The van der Waals surface area contributed by atoms with Gasteiger partial charge >= 0.3 is 6.03 Å². The molecule has 0 radical (unpaired) electrons. The van der Waals surface area contributed by atoms with Crippen molar-refractivity contribution in [2.24, 2.45) is 23.2 Å². The van der Waals surface area contributed by atoms with Crippen LogP contribution in [0.15, 0.2) is 0 Å². The van der Waals surface area contributed by atoms with Crippen LogP contribution in [0.3, 0.4) is 0 Å². The highest BCUT2D eigenvalue weighted by Gasteiger charge is 2.31. The second-order valence-corrected chi connectivity index (χ2v) is 8.22. The van der Waals surface area contributed by atoms with Crippen molar-refractivity contribution in [2.45, 2.75) is 66.6 Å². The molecule has 1 saturated heterocycles. The van der Waals surface area contributed by atoms with Crippen molar-refractivity contribution in [3.8, 4) is 0 Å². The average Bonchev–Trinajstić information content (AvgIpc) is 2.50. The summed E-state index contributed by atoms with van der Waals surface area (Å²) in [5, 5.41) is 16.1. The lowest BCUT2D eigenvalue weighted by atomic mass is 9.81. The van der Waals surface area contributed by atoms with Gasteiger partial charge in [-0.1, -0.05) is 41.5 Å². The van der Waals surface area contributed by atoms with Gasteiger partial charge in [-0.3, -0.25) is 0 Å². The van der Waals surface area contributed by atoms with Gasteiger partial charge in [0, 0.05) is 31.0 Å². The van der Waals surface area contributed by atoms with Gasteiger partial charge < -0.3 is 20.5 Å². The molecule has 23 heavy (non-hydrogen) atoms. The van der Waals surface area contributed by atoms with Crippen LogP contribution in [0.5, 0.6) is 0 Å². The maximum absolute atomic E-state index is 12.1. The number of ether oxygens (including phenoxy) is 1. The van der Waals surface area contributed by atoms with Gasteiger partial charge in [0.1, 0.15) is 0 Å². The van der Waals surface area contributed by atoms with Crippen LogP contribution in [-0.2, 0) is 4.74 Å². The van der Waals surface area contributed by atoms with E-state index in [4.69, 9.17) is 4.74 Å². The molecule has 3 atom stereocenters. The molecule has 1 heterocycles. The van der Waals surface area contributed by atoms with Crippen LogP contribution in [0.4, 0.5) is 4.79 Å². The molecule has 1 rings (SSSR count). The van der Waals surface area contributed by atoms with Crippen LogP contribution in [-0.4, -0.2) is 43.0 Å². The van der Waals surface area contributed by atoms with E-state index in [9.17, 15) is 9.90 Å². The van der Waals surface area contributed by atoms with Crippen molar-refractivity contribution in [2.75, 3.05) is 19.7 Å². The van der Waals surface area contributed by atoms with Crippen LogP contribution >= 0.6 is 0 Å². The predicted octanol–water partition coefficient (Wildman–Crippen LogP) is 2.78. The van der Waals surface area contributed by atoms with Crippen LogP contribution in [0.2, 0.25) is 0 Å². The van der Waals surface area contributed by atoms with Gasteiger partial charge in [-0.15, -0.1) is 0 Å². The minimum atomic E-state index is -0.445. The summed E-state index contributed by atoms with van der Waals surface area (Å²) in [6.45, 7) is 14.2. The maximum Gasteiger partial charge on any atom is 0.314 e. The largest absolute Gasteiger partial charge is 0.392 e. The van der Waals surface area contributed by atoms with E-state index >= 15 is 0 Å². The Labute approximate surface area is 141 Å². The molecule has 1 fully saturated rings. The molecule has 0 aromatic rings. The lowest BCUT2D eigenvalue weighted by Gasteiger charge is -2.35. The Hall–Kier alpha value is -0.810. The summed E-state index contributed by atoms with van der Waals surface area (Å²) in [6.07, 6.45) is 1.94. The Morgan fingerprint density at radius 3 is 2.48 bits per heavy atom. The molecular weight excluding hydrogens is 292 g/mol.